The van der Waals surface area contributed by atoms with Gasteiger partial charge >= 0.3 is 0 Å². The third-order valence-corrected chi connectivity index (χ3v) is 2.36. The zero-order valence-corrected chi connectivity index (χ0v) is 7.83. The maximum Gasteiger partial charge on any atom is 0.101 e. The molecule has 0 bridgehead atoms. The smallest absolute Gasteiger partial charge is 0.101 e. The lowest BCUT2D eigenvalue weighted by Crippen LogP contribution is -2.22. The molecule has 1 fully saturated rings. The summed E-state index contributed by atoms with van der Waals surface area (Å²) in [6.07, 6.45) is 4.44. The summed E-state index contributed by atoms with van der Waals surface area (Å²) in [4.78, 5) is 4.00. The summed E-state index contributed by atoms with van der Waals surface area (Å²) >= 11 is 0. The summed E-state index contributed by atoms with van der Waals surface area (Å²) in [6.45, 7) is 2.00. The Bertz CT molecular complexity index is 349. The number of pyridine rings is 1. The second kappa shape index (κ2) is 4.07. The van der Waals surface area contributed by atoms with Crippen LogP contribution in [-0.4, -0.2) is 24.1 Å². The summed E-state index contributed by atoms with van der Waals surface area (Å²) < 4.78 is 0. The first kappa shape index (κ1) is 8.97. The van der Waals surface area contributed by atoms with Gasteiger partial charge in [-0.1, -0.05) is 0 Å². The molecule has 0 aromatic carbocycles. The maximum absolute atomic E-state index is 8.86. The zero-order chi connectivity index (χ0) is 9.80. The van der Waals surface area contributed by atoms with Gasteiger partial charge in [-0.3, -0.25) is 4.98 Å². The maximum atomic E-state index is 8.86. The zero-order valence-electron chi connectivity index (χ0n) is 7.83. The molecule has 4 nitrogen and oxygen atoms in total. The number of nitriles is 1. The van der Waals surface area contributed by atoms with Crippen LogP contribution in [0.1, 0.15) is 12.0 Å². The van der Waals surface area contributed by atoms with Crippen LogP contribution in [0.15, 0.2) is 18.5 Å². The Hall–Kier alpha value is -1.60. The van der Waals surface area contributed by atoms with Crippen molar-refractivity contribution in [3.63, 3.8) is 0 Å². The van der Waals surface area contributed by atoms with Crippen LogP contribution >= 0.6 is 0 Å². The van der Waals surface area contributed by atoms with E-state index in [9.17, 15) is 0 Å². The van der Waals surface area contributed by atoms with E-state index in [4.69, 9.17) is 5.26 Å². The third-order valence-electron chi connectivity index (χ3n) is 2.36. The van der Waals surface area contributed by atoms with E-state index in [2.05, 4.69) is 21.7 Å². The molecular formula is C10H12N4. The summed E-state index contributed by atoms with van der Waals surface area (Å²) in [7, 11) is 0. The highest BCUT2D eigenvalue weighted by atomic mass is 15.0. The summed E-state index contributed by atoms with van der Waals surface area (Å²) in [5, 5.41) is 15.4. The van der Waals surface area contributed by atoms with Crippen molar-refractivity contribution in [3.05, 3.63) is 24.0 Å². The molecule has 0 saturated carbocycles. The summed E-state index contributed by atoms with van der Waals surface area (Å²) in [6, 6.07) is 4.30. The van der Waals surface area contributed by atoms with Gasteiger partial charge in [-0.25, -0.2) is 0 Å². The lowest BCUT2D eigenvalue weighted by molar-refractivity contribution is 0.792. The van der Waals surface area contributed by atoms with Crippen LogP contribution in [0.2, 0.25) is 0 Å². The van der Waals surface area contributed by atoms with Gasteiger partial charge < -0.3 is 10.6 Å². The fourth-order valence-electron chi connectivity index (χ4n) is 1.60. The van der Waals surface area contributed by atoms with Crippen LogP contribution < -0.4 is 10.6 Å². The minimum atomic E-state index is 0.422. The van der Waals surface area contributed by atoms with E-state index in [-0.39, 0.29) is 0 Å². The van der Waals surface area contributed by atoms with Gasteiger partial charge in [-0.15, -0.1) is 0 Å². The van der Waals surface area contributed by atoms with Gasteiger partial charge in [-0.05, 0) is 19.0 Å². The van der Waals surface area contributed by atoms with Crippen molar-refractivity contribution in [1.29, 1.82) is 5.26 Å². The first-order chi connectivity index (χ1) is 6.90. The largest absolute Gasteiger partial charge is 0.379 e. The standard InChI is InChI=1S/C10H12N4/c11-5-8-1-3-13-7-10(8)14-9-2-4-12-6-9/h1,3,7,9,12,14H,2,4,6H2. The Morgan fingerprint density at radius 3 is 3.29 bits per heavy atom. The second-order valence-corrected chi connectivity index (χ2v) is 3.37. The molecule has 0 spiro atoms. The van der Waals surface area contributed by atoms with Crippen LogP contribution in [0.3, 0.4) is 0 Å². The number of anilines is 1. The highest BCUT2D eigenvalue weighted by Crippen LogP contribution is 2.14. The number of rotatable bonds is 2. The van der Waals surface area contributed by atoms with E-state index in [1.54, 1.807) is 18.5 Å². The molecule has 1 unspecified atom stereocenters. The fraction of sp³-hybridized carbons (Fsp3) is 0.400. The van der Waals surface area contributed by atoms with Gasteiger partial charge in [0.15, 0.2) is 0 Å². The van der Waals surface area contributed by atoms with Crippen LogP contribution in [0.4, 0.5) is 5.69 Å². The molecule has 0 radical (unpaired) electrons. The highest BCUT2D eigenvalue weighted by molar-refractivity contribution is 5.56. The normalized spacial score (nSPS) is 20.4. The van der Waals surface area contributed by atoms with E-state index in [0.29, 0.717) is 11.6 Å². The SMILES string of the molecule is N#Cc1ccncc1NC1CCNC1. The van der Waals surface area contributed by atoms with Crippen molar-refractivity contribution in [2.75, 3.05) is 18.4 Å². The molecule has 0 aliphatic carbocycles. The quantitative estimate of drug-likeness (QED) is 0.718. The highest BCUT2D eigenvalue weighted by Gasteiger charge is 2.14. The minimum absolute atomic E-state index is 0.422. The van der Waals surface area contributed by atoms with E-state index in [0.717, 1.165) is 25.2 Å². The molecule has 2 rings (SSSR count). The van der Waals surface area contributed by atoms with Crippen molar-refractivity contribution >= 4 is 5.69 Å². The Morgan fingerprint density at radius 2 is 2.57 bits per heavy atom. The summed E-state index contributed by atoms with van der Waals surface area (Å²) in [5.74, 6) is 0. The molecule has 1 aromatic heterocycles. The van der Waals surface area contributed by atoms with E-state index in [1.807, 2.05) is 0 Å². The van der Waals surface area contributed by atoms with Gasteiger partial charge in [0.05, 0.1) is 17.4 Å². The predicted molar refractivity (Wildman–Crippen MR) is 53.8 cm³/mol. The first-order valence-electron chi connectivity index (χ1n) is 4.71. The number of nitrogens with zero attached hydrogens (tertiary/aromatic N) is 2. The number of aromatic nitrogens is 1. The summed E-state index contributed by atoms with van der Waals surface area (Å²) in [5.41, 5.74) is 1.50. The molecule has 1 aromatic rings. The first-order valence-corrected chi connectivity index (χ1v) is 4.71. The molecule has 72 valence electrons. The molecule has 2 N–H and O–H groups in total. The van der Waals surface area contributed by atoms with Gasteiger partial charge in [0, 0.05) is 18.8 Å². The molecule has 14 heavy (non-hydrogen) atoms. The second-order valence-electron chi connectivity index (χ2n) is 3.37. The predicted octanol–water partition coefficient (Wildman–Crippen LogP) is 0.727. The van der Waals surface area contributed by atoms with Crippen molar-refractivity contribution in [2.24, 2.45) is 0 Å². The number of hydrogen-bond donors (Lipinski definition) is 2. The fourth-order valence-corrected chi connectivity index (χ4v) is 1.60. The molecule has 1 saturated heterocycles. The van der Waals surface area contributed by atoms with E-state index in [1.165, 1.54) is 0 Å². The van der Waals surface area contributed by atoms with Gasteiger partial charge in [0.25, 0.3) is 0 Å². The molecule has 2 heterocycles. The number of nitrogens with one attached hydrogen (secondary N) is 2. The van der Waals surface area contributed by atoms with Gasteiger partial charge in [0.1, 0.15) is 6.07 Å². The van der Waals surface area contributed by atoms with E-state index < -0.39 is 0 Å². The molecular weight excluding hydrogens is 176 g/mol. The lowest BCUT2D eigenvalue weighted by Gasteiger charge is -2.12. The Balaban J connectivity index is 2.11. The monoisotopic (exact) mass is 188 g/mol. The third kappa shape index (κ3) is 1.83. The Kier molecular flexibility index (Phi) is 2.61. The van der Waals surface area contributed by atoms with E-state index >= 15 is 0 Å². The van der Waals surface area contributed by atoms with Gasteiger partial charge in [0.2, 0.25) is 0 Å². The minimum Gasteiger partial charge on any atom is -0.379 e. The number of hydrogen-bond acceptors (Lipinski definition) is 4. The van der Waals surface area contributed by atoms with Crippen LogP contribution in [0.5, 0.6) is 0 Å². The van der Waals surface area contributed by atoms with Crippen molar-refractivity contribution < 1.29 is 0 Å². The topological polar surface area (TPSA) is 60.7 Å². The van der Waals surface area contributed by atoms with Crippen molar-refractivity contribution in [2.45, 2.75) is 12.5 Å². The molecule has 1 aliphatic rings. The molecule has 1 atom stereocenters. The molecule has 4 heteroatoms. The molecule has 0 amide bonds. The molecule has 1 aliphatic heterocycles. The van der Waals surface area contributed by atoms with Crippen molar-refractivity contribution in [1.82, 2.24) is 10.3 Å². The Morgan fingerprint density at radius 1 is 1.64 bits per heavy atom. The van der Waals surface area contributed by atoms with Crippen LogP contribution in [-0.2, 0) is 0 Å². The van der Waals surface area contributed by atoms with Crippen molar-refractivity contribution in [3.8, 4) is 6.07 Å². The average molecular weight is 188 g/mol. The average Bonchev–Trinajstić information content (AvgIpc) is 2.71. The Labute approximate surface area is 83.0 Å². The van der Waals surface area contributed by atoms with Crippen LogP contribution in [0, 0.1) is 11.3 Å². The van der Waals surface area contributed by atoms with Crippen LogP contribution in [0.25, 0.3) is 0 Å². The lowest BCUT2D eigenvalue weighted by atomic mass is 10.2. The van der Waals surface area contributed by atoms with Gasteiger partial charge in [-0.2, -0.15) is 5.26 Å².